The quantitative estimate of drug-likeness (QED) is 0.333. The van der Waals surface area contributed by atoms with Gasteiger partial charge in [0, 0.05) is 0 Å². The molecule has 0 aromatic heterocycles. The van der Waals surface area contributed by atoms with Gasteiger partial charge >= 0.3 is 5.97 Å². The minimum Gasteiger partial charge on any atom is -0.465 e. The Labute approximate surface area is 179 Å². The van der Waals surface area contributed by atoms with Crippen LogP contribution in [0.5, 0.6) is 0 Å². The van der Waals surface area contributed by atoms with Crippen LogP contribution in [0.1, 0.15) is 42.4 Å². The van der Waals surface area contributed by atoms with Gasteiger partial charge in [0.1, 0.15) is 0 Å². The molecule has 4 rings (SSSR count). The smallest absolute Gasteiger partial charge is 0.309 e. The Morgan fingerprint density at radius 3 is 1.97 bits per heavy atom. The van der Waals surface area contributed by atoms with Crippen molar-refractivity contribution in [1.29, 1.82) is 0 Å². The lowest BCUT2D eigenvalue weighted by atomic mass is 9.78. The lowest BCUT2D eigenvalue weighted by molar-refractivity contribution is -0.148. The highest BCUT2D eigenvalue weighted by molar-refractivity contribution is 5.93. The van der Waals surface area contributed by atoms with E-state index in [0.29, 0.717) is 6.61 Å². The number of benzene rings is 3. The number of ether oxygens (including phenoxy) is 1. The summed E-state index contributed by atoms with van der Waals surface area (Å²) in [5.74, 6) is -0.118. The minimum absolute atomic E-state index is 0.0522. The zero-order chi connectivity index (χ0) is 20.6. The number of carbonyl (C=O) groups is 1. The number of aryl methyl sites for hydroxylation is 1. The van der Waals surface area contributed by atoms with Gasteiger partial charge in [-0.3, -0.25) is 4.79 Å². The van der Waals surface area contributed by atoms with Gasteiger partial charge in [-0.2, -0.15) is 0 Å². The monoisotopic (exact) mass is 396 g/mol. The number of hydrogen-bond acceptors (Lipinski definition) is 2. The van der Waals surface area contributed by atoms with Crippen molar-refractivity contribution in [2.45, 2.75) is 32.1 Å². The van der Waals surface area contributed by atoms with Gasteiger partial charge in [0.2, 0.25) is 0 Å². The van der Waals surface area contributed by atoms with Crippen molar-refractivity contribution in [3.05, 3.63) is 108 Å². The molecule has 1 atom stereocenters. The Kier molecular flexibility index (Phi) is 6.76. The topological polar surface area (TPSA) is 26.3 Å². The van der Waals surface area contributed by atoms with Gasteiger partial charge in [-0.05, 0) is 59.9 Å². The molecule has 0 spiro atoms. The summed E-state index contributed by atoms with van der Waals surface area (Å²) in [4.78, 5) is 12.8. The van der Waals surface area contributed by atoms with Gasteiger partial charge in [-0.1, -0.05) is 91.0 Å². The van der Waals surface area contributed by atoms with Crippen LogP contribution in [-0.2, 0) is 16.0 Å². The van der Waals surface area contributed by atoms with Gasteiger partial charge in [0.15, 0.2) is 0 Å². The molecule has 0 saturated heterocycles. The minimum atomic E-state index is -0.0654. The summed E-state index contributed by atoms with van der Waals surface area (Å²) in [6, 6.07) is 31.3. The molecule has 0 heterocycles. The second kappa shape index (κ2) is 10.1. The zero-order valence-electron chi connectivity index (χ0n) is 17.3. The largest absolute Gasteiger partial charge is 0.465 e. The summed E-state index contributed by atoms with van der Waals surface area (Å²) in [6.07, 6.45) is 4.28. The Morgan fingerprint density at radius 1 is 0.767 bits per heavy atom. The molecule has 1 unspecified atom stereocenters. The van der Waals surface area contributed by atoms with E-state index >= 15 is 0 Å². The van der Waals surface area contributed by atoms with Gasteiger partial charge in [-0.25, -0.2) is 0 Å². The summed E-state index contributed by atoms with van der Waals surface area (Å²) < 4.78 is 5.67. The molecule has 0 radical (unpaired) electrons. The van der Waals surface area contributed by atoms with Gasteiger partial charge < -0.3 is 4.74 Å². The maximum atomic E-state index is 12.8. The van der Waals surface area contributed by atoms with Crippen LogP contribution in [0.4, 0.5) is 0 Å². The Bertz CT molecular complexity index is 975. The van der Waals surface area contributed by atoms with E-state index in [9.17, 15) is 4.79 Å². The van der Waals surface area contributed by atoms with Gasteiger partial charge in [-0.15, -0.1) is 0 Å². The first-order valence-electron chi connectivity index (χ1n) is 10.8. The fraction of sp³-hybridized carbons (Fsp3) is 0.250. The predicted octanol–water partition coefficient (Wildman–Crippen LogP) is 6.57. The first kappa shape index (κ1) is 20.2. The van der Waals surface area contributed by atoms with Crippen molar-refractivity contribution >= 4 is 17.1 Å². The van der Waals surface area contributed by atoms with Gasteiger partial charge in [0.25, 0.3) is 0 Å². The molecule has 0 aliphatic heterocycles. The van der Waals surface area contributed by atoms with E-state index in [1.807, 2.05) is 30.3 Å². The highest BCUT2D eigenvalue weighted by atomic mass is 16.5. The van der Waals surface area contributed by atoms with Crippen molar-refractivity contribution in [3.63, 3.8) is 0 Å². The van der Waals surface area contributed by atoms with Crippen LogP contribution in [0.25, 0.3) is 11.1 Å². The molecule has 0 amide bonds. The Morgan fingerprint density at radius 2 is 1.33 bits per heavy atom. The summed E-state index contributed by atoms with van der Waals surface area (Å²) in [6.45, 7) is 0.486. The van der Waals surface area contributed by atoms with E-state index < -0.39 is 0 Å². The molecule has 0 saturated carbocycles. The second-order valence-electron chi connectivity index (χ2n) is 7.89. The van der Waals surface area contributed by atoms with Crippen molar-refractivity contribution in [2.75, 3.05) is 6.61 Å². The zero-order valence-corrected chi connectivity index (χ0v) is 17.3. The molecule has 0 N–H and O–H groups in total. The van der Waals surface area contributed by atoms with Crippen LogP contribution in [0.3, 0.4) is 0 Å². The fourth-order valence-electron chi connectivity index (χ4n) is 4.24. The van der Waals surface area contributed by atoms with E-state index in [-0.39, 0.29) is 11.9 Å². The number of esters is 1. The molecule has 2 heteroatoms. The molecule has 0 fully saturated rings. The lowest BCUT2D eigenvalue weighted by Crippen LogP contribution is -2.22. The Hall–Kier alpha value is -3.13. The average molecular weight is 397 g/mol. The molecule has 2 nitrogen and oxygen atoms in total. The van der Waals surface area contributed by atoms with Crippen molar-refractivity contribution in [3.8, 4) is 0 Å². The highest BCUT2D eigenvalue weighted by Crippen LogP contribution is 2.41. The van der Waals surface area contributed by atoms with Gasteiger partial charge in [0.05, 0.1) is 12.5 Å². The first-order chi connectivity index (χ1) is 14.8. The molecule has 1 aliphatic carbocycles. The number of hydrogen-bond donors (Lipinski definition) is 0. The SMILES string of the molecule is O=C(OCCCc1ccccc1)C1CCC(c2ccccc2)=C(c2ccccc2)C1. The highest BCUT2D eigenvalue weighted by Gasteiger charge is 2.28. The number of rotatable bonds is 7. The van der Waals surface area contributed by atoms with Crippen LogP contribution >= 0.6 is 0 Å². The van der Waals surface area contributed by atoms with E-state index in [2.05, 4.69) is 60.7 Å². The predicted molar refractivity (Wildman–Crippen MR) is 123 cm³/mol. The third-order valence-corrected chi connectivity index (χ3v) is 5.83. The molecule has 3 aromatic rings. The third-order valence-electron chi connectivity index (χ3n) is 5.83. The van der Waals surface area contributed by atoms with E-state index in [1.54, 1.807) is 0 Å². The molecular weight excluding hydrogens is 368 g/mol. The third kappa shape index (κ3) is 5.07. The lowest BCUT2D eigenvalue weighted by Gasteiger charge is -2.27. The Balaban J connectivity index is 1.42. The molecule has 0 bridgehead atoms. The molecule has 3 aromatic carbocycles. The molecule has 1 aliphatic rings. The van der Waals surface area contributed by atoms with Crippen molar-refractivity contribution < 1.29 is 9.53 Å². The first-order valence-corrected chi connectivity index (χ1v) is 10.8. The average Bonchev–Trinajstić information content (AvgIpc) is 2.83. The summed E-state index contributed by atoms with van der Waals surface area (Å²) in [7, 11) is 0. The number of carbonyl (C=O) groups excluding carboxylic acids is 1. The second-order valence-corrected chi connectivity index (χ2v) is 7.89. The molecule has 30 heavy (non-hydrogen) atoms. The summed E-state index contributed by atoms with van der Waals surface area (Å²) in [5, 5.41) is 0. The van der Waals surface area contributed by atoms with E-state index in [1.165, 1.54) is 27.8 Å². The molecular formula is C28H28O2. The van der Waals surface area contributed by atoms with E-state index in [0.717, 1.165) is 32.1 Å². The van der Waals surface area contributed by atoms with Crippen LogP contribution < -0.4 is 0 Å². The van der Waals surface area contributed by atoms with E-state index in [4.69, 9.17) is 4.74 Å². The van der Waals surface area contributed by atoms with Crippen molar-refractivity contribution in [1.82, 2.24) is 0 Å². The molecule has 152 valence electrons. The van der Waals surface area contributed by atoms with Crippen LogP contribution in [0, 0.1) is 5.92 Å². The standard InChI is InChI=1S/C28H28O2/c29-28(30-20-10-13-22-11-4-1-5-12-22)25-18-19-26(23-14-6-2-7-15-23)27(21-25)24-16-8-3-9-17-24/h1-9,11-12,14-17,25H,10,13,18-21H2. The maximum Gasteiger partial charge on any atom is 0.309 e. The number of allylic oxidation sites excluding steroid dienone is 2. The summed E-state index contributed by atoms with van der Waals surface area (Å²) >= 11 is 0. The maximum absolute atomic E-state index is 12.8. The van der Waals surface area contributed by atoms with Crippen LogP contribution in [0.15, 0.2) is 91.0 Å². The fourth-order valence-corrected chi connectivity index (χ4v) is 4.24. The normalized spacial score (nSPS) is 16.3. The summed E-state index contributed by atoms with van der Waals surface area (Å²) in [5.41, 5.74) is 6.38. The van der Waals surface area contributed by atoms with Crippen molar-refractivity contribution in [2.24, 2.45) is 5.92 Å². The van der Waals surface area contributed by atoms with Crippen LogP contribution in [0.2, 0.25) is 0 Å². The van der Waals surface area contributed by atoms with Crippen LogP contribution in [-0.4, -0.2) is 12.6 Å².